The van der Waals surface area contributed by atoms with Gasteiger partial charge in [0.25, 0.3) is 5.91 Å². The Kier molecular flexibility index (Phi) is 6.44. The number of halogens is 4. The zero-order valence-corrected chi connectivity index (χ0v) is 20.4. The second-order valence-electron chi connectivity index (χ2n) is 9.24. The van der Waals surface area contributed by atoms with Gasteiger partial charge in [0, 0.05) is 34.2 Å². The van der Waals surface area contributed by atoms with Crippen molar-refractivity contribution in [1.29, 1.82) is 5.26 Å². The summed E-state index contributed by atoms with van der Waals surface area (Å²) < 4.78 is 62.5. The number of benzene rings is 2. The minimum absolute atomic E-state index is 0.0153. The number of hydrogen-bond acceptors (Lipinski definition) is 6. The summed E-state index contributed by atoms with van der Waals surface area (Å²) in [5.41, 5.74) is -3.27. The van der Waals surface area contributed by atoms with Gasteiger partial charge in [0.1, 0.15) is 23.3 Å². The summed E-state index contributed by atoms with van der Waals surface area (Å²) in [6.07, 6.45) is -3.77. The molecule has 2 aromatic carbocycles. The number of carbonyl (C=O) groups is 1. The van der Waals surface area contributed by atoms with E-state index in [1.165, 1.54) is 30.5 Å². The highest BCUT2D eigenvalue weighted by atomic mass is 19.4. The third-order valence-corrected chi connectivity index (χ3v) is 6.61. The number of nitriles is 1. The summed E-state index contributed by atoms with van der Waals surface area (Å²) >= 11 is 0. The number of fused-ring (bicyclic) bond motifs is 2. The van der Waals surface area contributed by atoms with E-state index in [1.54, 1.807) is 19.1 Å². The Morgan fingerprint density at radius 2 is 1.95 bits per heavy atom. The van der Waals surface area contributed by atoms with E-state index in [1.807, 2.05) is 6.07 Å². The molecule has 0 bridgehead atoms. The van der Waals surface area contributed by atoms with E-state index >= 15 is 0 Å². The summed E-state index contributed by atoms with van der Waals surface area (Å²) in [5.74, 6) is -1.53. The molecule has 2 aromatic heterocycles. The van der Waals surface area contributed by atoms with Gasteiger partial charge in [0.2, 0.25) is 5.60 Å². The molecule has 198 valence electrons. The van der Waals surface area contributed by atoms with Gasteiger partial charge < -0.3 is 15.2 Å². The molecular formula is C28H20F4N4O3. The van der Waals surface area contributed by atoms with Gasteiger partial charge in [-0.15, -0.1) is 0 Å². The molecular weight excluding hydrogens is 516 g/mol. The van der Waals surface area contributed by atoms with Gasteiger partial charge in [-0.2, -0.15) is 18.4 Å². The lowest BCUT2D eigenvalue weighted by Crippen LogP contribution is -2.51. The van der Waals surface area contributed by atoms with Crippen molar-refractivity contribution in [3.63, 3.8) is 0 Å². The van der Waals surface area contributed by atoms with E-state index in [4.69, 9.17) is 4.74 Å². The van der Waals surface area contributed by atoms with Crippen LogP contribution in [-0.2, 0) is 5.60 Å². The van der Waals surface area contributed by atoms with Gasteiger partial charge in [0.15, 0.2) is 0 Å². The van der Waals surface area contributed by atoms with Crippen molar-refractivity contribution in [3.8, 4) is 23.1 Å². The number of amides is 1. The summed E-state index contributed by atoms with van der Waals surface area (Å²) in [5, 5.41) is 23.1. The van der Waals surface area contributed by atoms with E-state index < -0.39 is 35.7 Å². The average Bonchev–Trinajstić information content (AvgIpc) is 3.30. The number of nitrogens with zero attached hydrogens (tertiary/aromatic N) is 3. The maximum Gasteiger partial charge on any atom is 0.424 e. The zero-order valence-electron chi connectivity index (χ0n) is 20.4. The first-order chi connectivity index (χ1) is 18.5. The Balaban J connectivity index is 1.54. The molecule has 3 heterocycles. The molecule has 0 saturated heterocycles. The molecule has 0 saturated carbocycles. The standard InChI is InChI=1S/C28H20F4N4O3/c1-15-13-39-25-21(15)11-22(36-24(25)16-4-6-20(29)7-5-16)27(38,28(30,31)32)14-35-26(37)18-9-17-3-2-8-34-23(17)19(10-18)12-33/h2-11,15,38H,13-14H2,1H3,(H,35,37)/t15-,27+/m1/s1. The van der Waals surface area contributed by atoms with Gasteiger partial charge in [-0.1, -0.05) is 13.0 Å². The first-order valence-corrected chi connectivity index (χ1v) is 11.8. The summed E-state index contributed by atoms with van der Waals surface area (Å²) in [6.45, 7) is 0.680. The highest BCUT2D eigenvalue weighted by Gasteiger charge is 2.57. The highest BCUT2D eigenvalue weighted by Crippen LogP contribution is 2.45. The van der Waals surface area contributed by atoms with Crippen LogP contribution in [0.15, 0.2) is 60.8 Å². The molecule has 0 spiro atoms. The number of aliphatic hydroxyl groups is 1. The fourth-order valence-electron chi connectivity index (χ4n) is 4.44. The lowest BCUT2D eigenvalue weighted by atomic mass is 9.92. The molecule has 1 aliphatic heterocycles. The molecule has 0 fully saturated rings. The normalized spacial score (nSPS) is 16.2. The zero-order chi connectivity index (χ0) is 27.9. The number of aromatic nitrogens is 2. The van der Waals surface area contributed by atoms with Gasteiger partial charge in [-0.05, 0) is 48.5 Å². The molecule has 4 aromatic rings. The van der Waals surface area contributed by atoms with Crippen molar-refractivity contribution in [2.24, 2.45) is 0 Å². The van der Waals surface area contributed by atoms with Crippen molar-refractivity contribution in [3.05, 3.63) is 89.0 Å². The predicted octanol–water partition coefficient (Wildman–Crippen LogP) is 4.98. The van der Waals surface area contributed by atoms with Crippen LogP contribution in [0, 0.1) is 17.1 Å². The Labute approximate surface area is 219 Å². The third-order valence-electron chi connectivity index (χ3n) is 6.61. The van der Waals surface area contributed by atoms with Crippen molar-refractivity contribution in [2.45, 2.75) is 24.6 Å². The quantitative estimate of drug-likeness (QED) is 0.348. The Morgan fingerprint density at radius 1 is 1.21 bits per heavy atom. The van der Waals surface area contributed by atoms with Gasteiger partial charge in [-0.25, -0.2) is 9.37 Å². The number of ether oxygens (including phenoxy) is 1. The minimum Gasteiger partial charge on any atom is -0.490 e. The van der Waals surface area contributed by atoms with Crippen LogP contribution < -0.4 is 10.1 Å². The fourth-order valence-corrected chi connectivity index (χ4v) is 4.44. The van der Waals surface area contributed by atoms with Crippen molar-refractivity contribution in [2.75, 3.05) is 13.2 Å². The largest absolute Gasteiger partial charge is 0.490 e. The Bertz CT molecular complexity index is 1630. The van der Waals surface area contributed by atoms with E-state index in [9.17, 15) is 32.7 Å². The summed E-state index contributed by atoms with van der Waals surface area (Å²) in [4.78, 5) is 21.1. The van der Waals surface area contributed by atoms with E-state index in [-0.39, 0.29) is 35.1 Å². The predicted molar refractivity (Wildman–Crippen MR) is 132 cm³/mol. The molecule has 39 heavy (non-hydrogen) atoms. The summed E-state index contributed by atoms with van der Waals surface area (Å²) in [6, 6.07) is 13.8. The summed E-state index contributed by atoms with van der Waals surface area (Å²) in [7, 11) is 0. The van der Waals surface area contributed by atoms with Crippen molar-refractivity contribution >= 4 is 16.8 Å². The van der Waals surface area contributed by atoms with Crippen LogP contribution in [0.25, 0.3) is 22.2 Å². The Morgan fingerprint density at radius 3 is 2.64 bits per heavy atom. The molecule has 2 atom stereocenters. The highest BCUT2D eigenvalue weighted by molar-refractivity contribution is 5.99. The van der Waals surface area contributed by atoms with Crippen LogP contribution in [-0.4, -0.2) is 40.3 Å². The van der Waals surface area contributed by atoms with E-state index in [2.05, 4.69) is 15.3 Å². The van der Waals surface area contributed by atoms with Crippen LogP contribution in [0.5, 0.6) is 5.75 Å². The number of alkyl halides is 3. The van der Waals surface area contributed by atoms with E-state index in [0.717, 1.165) is 18.2 Å². The molecule has 11 heteroatoms. The average molecular weight is 536 g/mol. The van der Waals surface area contributed by atoms with Gasteiger partial charge in [-0.3, -0.25) is 9.78 Å². The minimum atomic E-state index is -5.24. The number of hydrogen-bond donors (Lipinski definition) is 2. The first kappa shape index (κ1) is 26.1. The van der Waals surface area contributed by atoms with Gasteiger partial charge in [0.05, 0.1) is 29.9 Å². The van der Waals surface area contributed by atoms with Crippen LogP contribution in [0.1, 0.15) is 40.0 Å². The lowest BCUT2D eigenvalue weighted by molar-refractivity contribution is -0.265. The van der Waals surface area contributed by atoms with Crippen molar-refractivity contribution in [1.82, 2.24) is 15.3 Å². The number of rotatable bonds is 5. The van der Waals surface area contributed by atoms with Gasteiger partial charge >= 0.3 is 6.18 Å². The monoisotopic (exact) mass is 536 g/mol. The SMILES string of the molecule is C[C@@H]1COc2c1cc([C@@](O)(CNC(=O)c1cc(C#N)c3ncccc3c1)C(F)(F)F)nc2-c1ccc(F)cc1. The molecule has 7 nitrogen and oxygen atoms in total. The lowest BCUT2D eigenvalue weighted by Gasteiger charge is -2.31. The topological polar surface area (TPSA) is 108 Å². The third kappa shape index (κ3) is 4.64. The maximum atomic E-state index is 14.4. The second-order valence-corrected chi connectivity index (χ2v) is 9.24. The van der Waals surface area contributed by atoms with Crippen LogP contribution in [0.4, 0.5) is 17.6 Å². The fraction of sp³-hybridized carbons (Fsp3) is 0.214. The maximum absolute atomic E-state index is 14.4. The molecule has 0 radical (unpaired) electrons. The molecule has 0 unspecified atom stereocenters. The second kappa shape index (κ2) is 9.63. The molecule has 5 rings (SSSR count). The first-order valence-electron chi connectivity index (χ1n) is 11.8. The molecule has 1 amide bonds. The number of nitrogens with one attached hydrogen (secondary N) is 1. The number of carbonyl (C=O) groups excluding carboxylic acids is 1. The molecule has 2 N–H and O–H groups in total. The smallest absolute Gasteiger partial charge is 0.424 e. The van der Waals surface area contributed by atoms with E-state index in [0.29, 0.717) is 22.0 Å². The number of pyridine rings is 2. The van der Waals surface area contributed by atoms with Crippen LogP contribution in [0.2, 0.25) is 0 Å². The van der Waals surface area contributed by atoms with Crippen LogP contribution in [0.3, 0.4) is 0 Å². The van der Waals surface area contributed by atoms with Crippen molar-refractivity contribution < 1.29 is 32.2 Å². The molecule has 0 aliphatic carbocycles. The molecule has 1 aliphatic rings. The van der Waals surface area contributed by atoms with Crippen LogP contribution >= 0.6 is 0 Å². The Hall–Kier alpha value is -4.56.